The Bertz CT molecular complexity index is 466. The standard InChI is InChI=1S/C8H5NO4.C4H8O2/c10-5-8(11)6-1-3-7(4-2-6)9(12)13;1-3-6-4(2)5/h1-5H;3H2,1-2H3. The van der Waals surface area contributed by atoms with E-state index in [0.717, 1.165) is 0 Å². The van der Waals surface area contributed by atoms with E-state index in [1.54, 1.807) is 6.92 Å². The van der Waals surface area contributed by atoms with Crippen molar-refractivity contribution in [2.24, 2.45) is 0 Å². The second kappa shape index (κ2) is 8.51. The molecular formula is C12H13NO6. The minimum Gasteiger partial charge on any atom is -0.466 e. The van der Waals surface area contributed by atoms with Crippen LogP contribution in [0.4, 0.5) is 5.69 Å². The van der Waals surface area contributed by atoms with Crippen LogP contribution < -0.4 is 0 Å². The average molecular weight is 267 g/mol. The molecule has 0 unspecified atom stereocenters. The summed E-state index contributed by atoms with van der Waals surface area (Å²) in [5.41, 5.74) is 0.0445. The molecule has 1 aromatic rings. The van der Waals surface area contributed by atoms with E-state index in [0.29, 0.717) is 6.61 Å². The third-order valence-corrected chi connectivity index (χ3v) is 1.82. The zero-order valence-electron chi connectivity index (χ0n) is 10.5. The predicted molar refractivity (Wildman–Crippen MR) is 65.8 cm³/mol. The number of carbonyl (C=O) groups excluding carboxylic acids is 3. The van der Waals surface area contributed by atoms with Gasteiger partial charge in [-0.15, -0.1) is 0 Å². The van der Waals surface area contributed by atoms with Crippen LogP contribution in [-0.4, -0.2) is 29.6 Å². The van der Waals surface area contributed by atoms with Gasteiger partial charge in [0.25, 0.3) is 5.69 Å². The van der Waals surface area contributed by atoms with Gasteiger partial charge >= 0.3 is 5.97 Å². The largest absolute Gasteiger partial charge is 0.466 e. The number of hydrogen-bond donors (Lipinski definition) is 0. The second-order valence-corrected chi connectivity index (χ2v) is 3.21. The molecule has 1 aromatic carbocycles. The summed E-state index contributed by atoms with van der Waals surface area (Å²) < 4.78 is 4.40. The maximum Gasteiger partial charge on any atom is 0.302 e. The molecule has 0 amide bonds. The molecule has 0 aliphatic carbocycles. The van der Waals surface area contributed by atoms with Gasteiger partial charge in [-0.2, -0.15) is 0 Å². The van der Waals surface area contributed by atoms with E-state index in [4.69, 9.17) is 0 Å². The van der Waals surface area contributed by atoms with Crippen LogP contribution in [0.2, 0.25) is 0 Å². The molecule has 19 heavy (non-hydrogen) atoms. The number of nitro groups is 1. The van der Waals surface area contributed by atoms with Crippen molar-refractivity contribution in [3.8, 4) is 0 Å². The van der Waals surface area contributed by atoms with E-state index < -0.39 is 10.7 Å². The molecule has 0 aliphatic heterocycles. The number of benzene rings is 1. The first-order valence-corrected chi connectivity index (χ1v) is 5.29. The molecule has 0 bridgehead atoms. The van der Waals surface area contributed by atoms with Crippen molar-refractivity contribution in [3.05, 3.63) is 39.9 Å². The van der Waals surface area contributed by atoms with Crippen molar-refractivity contribution >= 4 is 23.7 Å². The van der Waals surface area contributed by atoms with Gasteiger partial charge in [-0.25, -0.2) is 0 Å². The Labute approximate surface area is 109 Å². The molecule has 0 atom stereocenters. The van der Waals surface area contributed by atoms with E-state index in [9.17, 15) is 24.5 Å². The number of nitrogens with zero attached hydrogens (tertiary/aromatic N) is 1. The van der Waals surface area contributed by atoms with Crippen LogP contribution in [-0.2, 0) is 14.3 Å². The molecule has 0 N–H and O–H groups in total. The van der Waals surface area contributed by atoms with E-state index in [1.807, 2.05) is 0 Å². The quantitative estimate of drug-likeness (QED) is 0.205. The fraction of sp³-hybridized carbons (Fsp3) is 0.250. The first-order valence-electron chi connectivity index (χ1n) is 5.29. The molecule has 0 heterocycles. The van der Waals surface area contributed by atoms with Crippen LogP contribution in [0.15, 0.2) is 24.3 Å². The molecule has 0 saturated heterocycles. The zero-order chi connectivity index (χ0) is 14.8. The van der Waals surface area contributed by atoms with E-state index in [-0.39, 0.29) is 23.5 Å². The number of Topliss-reactive ketones (excluding diaryl/α,β-unsaturated/α-hetero) is 1. The summed E-state index contributed by atoms with van der Waals surface area (Å²) in [5, 5.41) is 10.2. The minimum absolute atomic E-state index is 0.109. The van der Waals surface area contributed by atoms with Crippen molar-refractivity contribution < 1.29 is 24.0 Å². The Hall–Kier alpha value is -2.57. The fourth-order valence-electron chi connectivity index (χ4n) is 1.02. The molecule has 0 aliphatic rings. The average Bonchev–Trinajstić information content (AvgIpc) is 2.38. The summed E-state index contributed by atoms with van der Waals surface area (Å²) in [6.45, 7) is 3.65. The summed E-state index contributed by atoms with van der Waals surface area (Å²) in [6, 6.07) is 4.84. The molecule has 7 heteroatoms. The Kier molecular flexibility index (Phi) is 7.36. The molecule has 0 saturated carbocycles. The Morgan fingerprint density at radius 3 is 2.11 bits per heavy atom. The van der Waals surface area contributed by atoms with Crippen LogP contribution in [0.25, 0.3) is 0 Å². The van der Waals surface area contributed by atoms with Gasteiger partial charge in [0.1, 0.15) is 0 Å². The molecular weight excluding hydrogens is 254 g/mol. The number of aldehydes is 1. The number of rotatable bonds is 4. The highest BCUT2D eigenvalue weighted by Gasteiger charge is 2.07. The summed E-state index contributed by atoms with van der Waals surface area (Å²) >= 11 is 0. The third-order valence-electron chi connectivity index (χ3n) is 1.82. The number of non-ortho nitro benzene ring substituents is 1. The lowest BCUT2D eigenvalue weighted by molar-refractivity contribution is -0.384. The van der Waals surface area contributed by atoms with E-state index in [1.165, 1.54) is 31.2 Å². The Morgan fingerprint density at radius 1 is 1.32 bits per heavy atom. The van der Waals surface area contributed by atoms with Gasteiger partial charge < -0.3 is 4.74 Å². The molecule has 0 spiro atoms. The SMILES string of the molecule is CCOC(C)=O.O=CC(=O)c1ccc([N+](=O)[O-])cc1. The third kappa shape index (κ3) is 6.67. The zero-order valence-corrected chi connectivity index (χ0v) is 10.5. The van der Waals surface area contributed by atoms with Gasteiger partial charge in [0, 0.05) is 24.6 Å². The molecule has 1 rings (SSSR count). The highest BCUT2D eigenvalue weighted by Crippen LogP contribution is 2.11. The van der Waals surface area contributed by atoms with Crippen molar-refractivity contribution in [3.63, 3.8) is 0 Å². The minimum atomic E-state index is -0.685. The number of esters is 1. The lowest BCUT2D eigenvalue weighted by atomic mass is 10.1. The van der Waals surface area contributed by atoms with Gasteiger partial charge in [-0.1, -0.05) is 0 Å². The molecule has 7 nitrogen and oxygen atoms in total. The maximum absolute atomic E-state index is 10.8. The van der Waals surface area contributed by atoms with Crippen molar-refractivity contribution in [1.82, 2.24) is 0 Å². The summed E-state index contributed by atoms with van der Waals surface area (Å²) in [4.78, 5) is 40.2. The summed E-state index contributed by atoms with van der Waals surface area (Å²) in [7, 11) is 0. The lowest BCUT2D eigenvalue weighted by Gasteiger charge is -1.92. The van der Waals surface area contributed by atoms with E-state index in [2.05, 4.69) is 4.74 Å². The Morgan fingerprint density at radius 2 is 1.84 bits per heavy atom. The monoisotopic (exact) mass is 267 g/mol. The van der Waals surface area contributed by atoms with E-state index >= 15 is 0 Å². The van der Waals surface area contributed by atoms with Gasteiger partial charge in [-0.05, 0) is 19.1 Å². The highest BCUT2D eigenvalue weighted by molar-refractivity contribution is 6.33. The Balaban J connectivity index is 0.000000459. The first-order chi connectivity index (χ1) is 8.92. The lowest BCUT2D eigenvalue weighted by Crippen LogP contribution is -1.99. The fourth-order valence-corrected chi connectivity index (χ4v) is 1.02. The van der Waals surface area contributed by atoms with Crippen molar-refractivity contribution in [1.29, 1.82) is 0 Å². The number of ketones is 1. The molecule has 0 fully saturated rings. The van der Waals surface area contributed by atoms with Crippen LogP contribution in [0, 0.1) is 10.1 Å². The van der Waals surface area contributed by atoms with Crippen LogP contribution in [0.5, 0.6) is 0 Å². The molecule has 0 aromatic heterocycles. The smallest absolute Gasteiger partial charge is 0.302 e. The summed E-state index contributed by atoms with van der Waals surface area (Å²) in [6.07, 6.45) is 0.168. The van der Waals surface area contributed by atoms with Crippen LogP contribution in [0.3, 0.4) is 0 Å². The topological polar surface area (TPSA) is 104 Å². The normalized spacial score (nSPS) is 8.74. The second-order valence-electron chi connectivity index (χ2n) is 3.21. The van der Waals surface area contributed by atoms with Gasteiger partial charge in [0.15, 0.2) is 6.29 Å². The first kappa shape index (κ1) is 16.4. The summed E-state index contributed by atoms with van der Waals surface area (Å²) in [5.74, 6) is -0.896. The number of hydrogen-bond acceptors (Lipinski definition) is 6. The van der Waals surface area contributed by atoms with Crippen molar-refractivity contribution in [2.75, 3.05) is 6.61 Å². The maximum atomic E-state index is 10.8. The van der Waals surface area contributed by atoms with Crippen LogP contribution >= 0.6 is 0 Å². The predicted octanol–water partition coefficient (Wildman–Crippen LogP) is 1.55. The molecule has 102 valence electrons. The number of carbonyl (C=O) groups is 3. The van der Waals surface area contributed by atoms with Gasteiger partial charge in [-0.3, -0.25) is 24.5 Å². The van der Waals surface area contributed by atoms with Gasteiger partial charge in [0.2, 0.25) is 5.78 Å². The number of nitro benzene ring substituents is 1. The number of ether oxygens (including phenoxy) is 1. The molecule has 0 radical (unpaired) electrons. The van der Waals surface area contributed by atoms with Crippen LogP contribution in [0.1, 0.15) is 24.2 Å². The highest BCUT2D eigenvalue weighted by atomic mass is 16.6. The van der Waals surface area contributed by atoms with Gasteiger partial charge in [0.05, 0.1) is 11.5 Å². The van der Waals surface area contributed by atoms with Crippen molar-refractivity contribution in [2.45, 2.75) is 13.8 Å².